The van der Waals surface area contributed by atoms with Crippen molar-refractivity contribution in [1.82, 2.24) is 4.90 Å². The molecule has 4 heteroatoms. The van der Waals surface area contributed by atoms with Crippen LogP contribution in [0.2, 0.25) is 0 Å². The highest BCUT2D eigenvalue weighted by Crippen LogP contribution is 2.62. The van der Waals surface area contributed by atoms with Crippen molar-refractivity contribution in [3.8, 4) is 5.75 Å². The van der Waals surface area contributed by atoms with E-state index in [1.54, 1.807) is 7.11 Å². The first-order chi connectivity index (χ1) is 13.7. The molecule has 4 nitrogen and oxygen atoms in total. The van der Waals surface area contributed by atoms with Gasteiger partial charge in [-0.3, -0.25) is 0 Å². The Morgan fingerprint density at radius 2 is 1.76 bits per heavy atom. The van der Waals surface area contributed by atoms with E-state index in [1.165, 1.54) is 16.3 Å². The molecule has 1 saturated carbocycles. The van der Waals surface area contributed by atoms with Crippen molar-refractivity contribution in [3.05, 3.63) is 42.0 Å². The van der Waals surface area contributed by atoms with Gasteiger partial charge in [0.2, 0.25) is 0 Å². The monoisotopic (exact) mass is 395 g/mol. The van der Waals surface area contributed by atoms with E-state index in [4.69, 9.17) is 9.47 Å². The summed E-state index contributed by atoms with van der Waals surface area (Å²) in [4.78, 5) is 15.2. The van der Waals surface area contributed by atoms with Gasteiger partial charge < -0.3 is 14.4 Å². The van der Waals surface area contributed by atoms with Gasteiger partial charge >= 0.3 is 6.09 Å². The predicted molar refractivity (Wildman–Crippen MR) is 117 cm³/mol. The van der Waals surface area contributed by atoms with E-state index in [2.05, 4.69) is 42.2 Å². The number of fused-ring (bicyclic) bond motifs is 1. The summed E-state index contributed by atoms with van der Waals surface area (Å²) in [6, 6.07) is 13.0. The van der Waals surface area contributed by atoms with Gasteiger partial charge in [0.05, 0.1) is 12.6 Å². The van der Waals surface area contributed by atoms with Crippen molar-refractivity contribution < 1.29 is 14.3 Å². The zero-order valence-corrected chi connectivity index (χ0v) is 18.4. The van der Waals surface area contributed by atoms with Crippen molar-refractivity contribution in [1.29, 1.82) is 0 Å². The van der Waals surface area contributed by atoms with Crippen LogP contribution in [0.3, 0.4) is 0 Å². The Labute approximate surface area is 174 Å². The second kappa shape index (κ2) is 6.93. The largest absolute Gasteiger partial charge is 0.497 e. The van der Waals surface area contributed by atoms with E-state index in [0.29, 0.717) is 0 Å². The molecular formula is C25H33NO3. The molecule has 0 spiro atoms. The fourth-order valence-electron chi connectivity index (χ4n) is 5.46. The fourth-order valence-corrected chi connectivity index (χ4v) is 5.46. The first-order valence-electron chi connectivity index (χ1n) is 10.8. The number of methoxy groups -OCH3 is 1. The predicted octanol–water partition coefficient (Wildman–Crippen LogP) is 6.06. The van der Waals surface area contributed by atoms with Crippen LogP contribution in [0.15, 0.2) is 36.4 Å². The number of carbonyl (C=O) groups excluding carboxylic acids is 1. The van der Waals surface area contributed by atoms with Gasteiger partial charge in [0.25, 0.3) is 0 Å². The number of nitrogens with zero attached hydrogens (tertiary/aromatic N) is 1. The number of amides is 1. The average Bonchev–Trinajstić information content (AvgIpc) is 3.38. The van der Waals surface area contributed by atoms with Crippen molar-refractivity contribution in [2.75, 3.05) is 13.7 Å². The number of hydrogen-bond donors (Lipinski definition) is 0. The molecule has 1 unspecified atom stereocenters. The maximum Gasteiger partial charge on any atom is 0.410 e. The molecule has 156 valence electrons. The molecule has 1 aliphatic heterocycles. The lowest BCUT2D eigenvalue weighted by Crippen LogP contribution is -2.56. The number of carbonyl (C=O) groups is 1. The minimum absolute atomic E-state index is 0.0310. The Morgan fingerprint density at radius 1 is 1.07 bits per heavy atom. The maximum atomic E-state index is 13.1. The Balaban J connectivity index is 1.73. The third kappa shape index (κ3) is 3.27. The molecule has 2 aromatic carbocycles. The van der Waals surface area contributed by atoms with Crippen LogP contribution in [0.25, 0.3) is 10.8 Å². The summed E-state index contributed by atoms with van der Waals surface area (Å²) in [6.45, 7) is 8.85. The van der Waals surface area contributed by atoms with E-state index in [9.17, 15) is 4.79 Å². The topological polar surface area (TPSA) is 38.8 Å². The molecule has 1 heterocycles. The van der Waals surface area contributed by atoms with Crippen LogP contribution in [-0.2, 0) is 10.2 Å². The quantitative estimate of drug-likeness (QED) is 0.631. The van der Waals surface area contributed by atoms with E-state index in [1.807, 2.05) is 26.8 Å². The molecule has 2 aliphatic rings. The van der Waals surface area contributed by atoms with Gasteiger partial charge in [0, 0.05) is 12.0 Å². The molecule has 0 N–H and O–H groups in total. The normalized spacial score (nSPS) is 23.3. The van der Waals surface area contributed by atoms with Crippen LogP contribution in [0.5, 0.6) is 5.75 Å². The third-order valence-electron chi connectivity index (χ3n) is 6.93. The molecule has 0 radical (unpaired) electrons. The molecule has 29 heavy (non-hydrogen) atoms. The molecule has 2 aromatic rings. The highest BCUT2D eigenvalue weighted by molar-refractivity contribution is 5.85. The van der Waals surface area contributed by atoms with Crippen LogP contribution in [0, 0.1) is 0 Å². The zero-order chi connectivity index (χ0) is 20.9. The van der Waals surface area contributed by atoms with Gasteiger partial charge in [-0.25, -0.2) is 4.79 Å². The number of ether oxygens (including phenoxy) is 2. The van der Waals surface area contributed by atoms with E-state index < -0.39 is 5.60 Å². The van der Waals surface area contributed by atoms with Gasteiger partial charge in [-0.15, -0.1) is 0 Å². The van der Waals surface area contributed by atoms with Crippen LogP contribution in [-0.4, -0.2) is 35.8 Å². The first kappa shape index (κ1) is 20.1. The smallest absolute Gasteiger partial charge is 0.410 e. The third-order valence-corrected chi connectivity index (χ3v) is 6.93. The molecule has 4 rings (SSSR count). The summed E-state index contributed by atoms with van der Waals surface area (Å²) in [5.41, 5.74) is 0.754. The summed E-state index contributed by atoms with van der Waals surface area (Å²) < 4.78 is 11.2. The summed E-state index contributed by atoms with van der Waals surface area (Å²) in [5.74, 6) is 0.878. The van der Waals surface area contributed by atoms with Crippen molar-refractivity contribution in [2.24, 2.45) is 0 Å². The lowest BCUT2D eigenvalue weighted by Gasteiger charge is -2.45. The van der Waals surface area contributed by atoms with Crippen LogP contribution in [0.1, 0.15) is 65.4 Å². The van der Waals surface area contributed by atoms with Gasteiger partial charge in [-0.1, -0.05) is 31.2 Å². The summed E-state index contributed by atoms with van der Waals surface area (Å²) in [6.07, 6.45) is 5.13. The maximum absolute atomic E-state index is 13.1. The Morgan fingerprint density at radius 3 is 2.38 bits per heavy atom. The molecule has 2 fully saturated rings. The standard InChI is InChI=1S/C25H33NO3/c1-6-25(12-7-15-26(25)22(27)29-23(2,3)4)24(13-14-24)20-10-8-19-17-21(28-5)11-9-18(19)16-20/h8-11,16-17H,6-7,12-15H2,1-5H3. The molecule has 1 saturated heterocycles. The number of likely N-dealkylation sites (tertiary alicyclic amines) is 1. The van der Waals surface area contributed by atoms with Gasteiger partial charge in [-0.05, 0) is 81.3 Å². The van der Waals surface area contributed by atoms with Crippen LogP contribution < -0.4 is 4.74 Å². The number of benzene rings is 2. The van der Waals surface area contributed by atoms with Crippen LogP contribution >= 0.6 is 0 Å². The van der Waals surface area contributed by atoms with Gasteiger partial charge in [0.15, 0.2) is 0 Å². The Hall–Kier alpha value is -2.23. The number of rotatable bonds is 4. The van der Waals surface area contributed by atoms with Gasteiger partial charge in [0.1, 0.15) is 11.4 Å². The fraction of sp³-hybridized carbons (Fsp3) is 0.560. The Kier molecular flexibility index (Phi) is 4.79. The molecular weight excluding hydrogens is 362 g/mol. The average molecular weight is 396 g/mol. The highest BCUT2D eigenvalue weighted by atomic mass is 16.6. The molecule has 1 amide bonds. The van der Waals surface area contributed by atoms with Crippen molar-refractivity contribution in [3.63, 3.8) is 0 Å². The van der Waals surface area contributed by atoms with E-state index in [-0.39, 0.29) is 17.0 Å². The minimum Gasteiger partial charge on any atom is -0.497 e. The molecule has 0 aromatic heterocycles. The minimum atomic E-state index is -0.474. The highest BCUT2D eigenvalue weighted by Gasteiger charge is 2.64. The summed E-state index contributed by atoms with van der Waals surface area (Å²) in [7, 11) is 1.70. The lowest BCUT2D eigenvalue weighted by molar-refractivity contribution is -0.00144. The number of hydrogen-bond acceptors (Lipinski definition) is 3. The van der Waals surface area contributed by atoms with Crippen LogP contribution in [0.4, 0.5) is 4.79 Å². The molecule has 1 atom stereocenters. The van der Waals surface area contributed by atoms with E-state index in [0.717, 1.165) is 44.4 Å². The second-order valence-electron chi connectivity index (χ2n) is 9.63. The van der Waals surface area contributed by atoms with Crippen molar-refractivity contribution in [2.45, 2.75) is 76.4 Å². The first-order valence-corrected chi connectivity index (χ1v) is 10.8. The molecule has 0 bridgehead atoms. The van der Waals surface area contributed by atoms with E-state index >= 15 is 0 Å². The van der Waals surface area contributed by atoms with Gasteiger partial charge in [-0.2, -0.15) is 0 Å². The van der Waals surface area contributed by atoms with Crippen molar-refractivity contribution >= 4 is 16.9 Å². The summed E-state index contributed by atoms with van der Waals surface area (Å²) >= 11 is 0. The lowest BCUT2D eigenvalue weighted by atomic mass is 9.72. The Bertz CT molecular complexity index is 925. The molecule has 1 aliphatic carbocycles. The zero-order valence-electron chi connectivity index (χ0n) is 18.4. The summed E-state index contributed by atoms with van der Waals surface area (Å²) in [5, 5.41) is 2.41. The SMILES string of the molecule is CCC1(C2(c3ccc4cc(OC)ccc4c3)CC2)CCCN1C(=O)OC(C)(C)C. The second-order valence-corrected chi connectivity index (χ2v) is 9.63.